The molecule has 0 radical (unpaired) electrons. The normalized spacial score (nSPS) is 10.4. The third-order valence-corrected chi connectivity index (χ3v) is 3.28. The molecule has 0 saturated carbocycles. The minimum Gasteiger partial charge on any atom is -0.380 e. The third kappa shape index (κ3) is 4.43. The zero-order valence-corrected chi connectivity index (χ0v) is 12.6. The number of anilines is 1. The first-order valence-corrected chi connectivity index (χ1v) is 7.21. The SMILES string of the molecule is CCCc1ccc(NC(=O)c2ccc(COC)cc2)cc1. The van der Waals surface area contributed by atoms with E-state index >= 15 is 0 Å². The van der Waals surface area contributed by atoms with E-state index in [9.17, 15) is 4.79 Å². The number of rotatable bonds is 6. The van der Waals surface area contributed by atoms with Crippen LogP contribution in [0.4, 0.5) is 5.69 Å². The molecule has 0 aliphatic rings. The van der Waals surface area contributed by atoms with Crippen molar-refractivity contribution in [3.05, 3.63) is 65.2 Å². The number of carbonyl (C=O) groups is 1. The van der Waals surface area contributed by atoms with Crippen molar-refractivity contribution < 1.29 is 9.53 Å². The van der Waals surface area contributed by atoms with Gasteiger partial charge >= 0.3 is 0 Å². The maximum atomic E-state index is 12.2. The summed E-state index contributed by atoms with van der Waals surface area (Å²) in [4.78, 5) is 12.2. The van der Waals surface area contributed by atoms with E-state index in [2.05, 4.69) is 24.4 Å². The lowest BCUT2D eigenvalue weighted by Crippen LogP contribution is -2.11. The molecule has 1 amide bonds. The molecule has 0 aliphatic carbocycles. The highest BCUT2D eigenvalue weighted by Gasteiger charge is 2.06. The van der Waals surface area contributed by atoms with Crippen molar-refractivity contribution in [1.82, 2.24) is 0 Å². The second-order valence-corrected chi connectivity index (χ2v) is 5.03. The van der Waals surface area contributed by atoms with E-state index in [0.29, 0.717) is 12.2 Å². The Morgan fingerprint density at radius 2 is 1.62 bits per heavy atom. The summed E-state index contributed by atoms with van der Waals surface area (Å²) < 4.78 is 5.05. The summed E-state index contributed by atoms with van der Waals surface area (Å²) in [6.45, 7) is 2.71. The Labute approximate surface area is 126 Å². The lowest BCUT2D eigenvalue weighted by Gasteiger charge is -2.07. The largest absolute Gasteiger partial charge is 0.380 e. The van der Waals surface area contributed by atoms with Gasteiger partial charge in [0.05, 0.1) is 6.61 Å². The van der Waals surface area contributed by atoms with Crippen LogP contribution in [0.15, 0.2) is 48.5 Å². The number of methoxy groups -OCH3 is 1. The molecule has 0 heterocycles. The number of nitrogens with one attached hydrogen (secondary N) is 1. The van der Waals surface area contributed by atoms with E-state index in [0.717, 1.165) is 24.1 Å². The molecule has 3 heteroatoms. The van der Waals surface area contributed by atoms with Crippen LogP contribution in [0.25, 0.3) is 0 Å². The zero-order valence-electron chi connectivity index (χ0n) is 12.6. The molecule has 21 heavy (non-hydrogen) atoms. The van der Waals surface area contributed by atoms with Crippen molar-refractivity contribution >= 4 is 11.6 Å². The number of benzene rings is 2. The smallest absolute Gasteiger partial charge is 0.255 e. The molecule has 110 valence electrons. The fraction of sp³-hybridized carbons (Fsp3) is 0.278. The number of ether oxygens (including phenoxy) is 1. The highest BCUT2D eigenvalue weighted by atomic mass is 16.5. The van der Waals surface area contributed by atoms with E-state index in [1.165, 1.54) is 5.56 Å². The quantitative estimate of drug-likeness (QED) is 0.869. The fourth-order valence-corrected chi connectivity index (χ4v) is 2.17. The van der Waals surface area contributed by atoms with Gasteiger partial charge in [-0.05, 0) is 41.8 Å². The minimum absolute atomic E-state index is 0.0952. The van der Waals surface area contributed by atoms with E-state index in [1.807, 2.05) is 36.4 Å². The van der Waals surface area contributed by atoms with E-state index in [4.69, 9.17) is 4.74 Å². The number of hydrogen-bond acceptors (Lipinski definition) is 2. The van der Waals surface area contributed by atoms with Crippen LogP contribution in [0.5, 0.6) is 0 Å². The van der Waals surface area contributed by atoms with Crippen molar-refractivity contribution in [1.29, 1.82) is 0 Å². The van der Waals surface area contributed by atoms with Crippen molar-refractivity contribution in [2.75, 3.05) is 12.4 Å². The maximum absolute atomic E-state index is 12.2. The van der Waals surface area contributed by atoms with Crippen molar-refractivity contribution in [2.24, 2.45) is 0 Å². The van der Waals surface area contributed by atoms with E-state index in [1.54, 1.807) is 7.11 Å². The average molecular weight is 283 g/mol. The van der Waals surface area contributed by atoms with Gasteiger partial charge < -0.3 is 10.1 Å². The molecule has 0 aromatic heterocycles. The Bertz CT molecular complexity index is 573. The van der Waals surface area contributed by atoms with Crippen LogP contribution in [0.1, 0.15) is 34.8 Å². The summed E-state index contributed by atoms with van der Waals surface area (Å²) in [7, 11) is 1.66. The Morgan fingerprint density at radius 1 is 1.00 bits per heavy atom. The third-order valence-electron chi connectivity index (χ3n) is 3.28. The van der Waals surface area contributed by atoms with Crippen LogP contribution in [-0.4, -0.2) is 13.0 Å². The van der Waals surface area contributed by atoms with Crippen LogP contribution in [0.2, 0.25) is 0 Å². The van der Waals surface area contributed by atoms with Crippen molar-refractivity contribution in [2.45, 2.75) is 26.4 Å². The molecule has 0 bridgehead atoms. The summed E-state index contributed by atoms with van der Waals surface area (Å²) in [5.41, 5.74) is 3.81. The molecule has 0 atom stereocenters. The molecular formula is C18H21NO2. The number of hydrogen-bond donors (Lipinski definition) is 1. The Morgan fingerprint density at radius 3 is 2.19 bits per heavy atom. The number of aryl methyl sites for hydroxylation is 1. The lowest BCUT2D eigenvalue weighted by molar-refractivity contribution is 0.102. The highest BCUT2D eigenvalue weighted by Crippen LogP contribution is 2.13. The van der Waals surface area contributed by atoms with Gasteiger partial charge in [0, 0.05) is 18.4 Å². The summed E-state index contributed by atoms with van der Waals surface area (Å²) >= 11 is 0. The number of carbonyl (C=O) groups excluding carboxylic acids is 1. The monoisotopic (exact) mass is 283 g/mol. The summed E-state index contributed by atoms with van der Waals surface area (Å²) in [5, 5.41) is 2.91. The molecule has 1 N–H and O–H groups in total. The highest BCUT2D eigenvalue weighted by molar-refractivity contribution is 6.04. The average Bonchev–Trinajstić information content (AvgIpc) is 2.50. The molecule has 2 rings (SSSR count). The van der Waals surface area contributed by atoms with Crippen LogP contribution >= 0.6 is 0 Å². The van der Waals surface area contributed by atoms with Gasteiger partial charge in [-0.2, -0.15) is 0 Å². The van der Waals surface area contributed by atoms with E-state index < -0.39 is 0 Å². The zero-order chi connectivity index (χ0) is 15.1. The molecular weight excluding hydrogens is 262 g/mol. The second kappa shape index (κ2) is 7.60. The van der Waals surface area contributed by atoms with Crippen LogP contribution in [0, 0.1) is 0 Å². The van der Waals surface area contributed by atoms with Crippen molar-refractivity contribution in [3.8, 4) is 0 Å². The van der Waals surface area contributed by atoms with Crippen LogP contribution < -0.4 is 5.32 Å². The molecule has 0 unspecified atom stereocenters. The molecule has 0 saturated heterocycles. The van der Waals surface area contributed by atoms with Gasteiger partial charge in [0.2, 0.25) is 0 Å². The van der Waals surface area contributed by atoms with Crippen molar-refractivity contribution in [3.63, 3.8) is 0 Å². The molecule has 0 aliphatic heterocycles. The predicted molar refractivity (Wildman–Crippen MR) is 85.5 cm³/mol. The molecule has 2 aromatic rings. The van der Waals surface area contributed by atoms with Gasteiger partial charge in [0.15, 0.2) is 0 Å². The maximum Gasteiger partial charge on any atom is 0.255 e. The Balaban J connectivity index is 2.00. The first kappa shape index (κ1) is 15.3. The second-order valence-electron chi connectivity index (χ2n) is 5.03. The Hall–Kier alpha value is -2.13. The molecule has 0 spiro atoms. The number of amides is 1. The van der Waals surface area contributed by atoms with E-state index in [-0.39, 0.29) is 5.91 Å². The summed E-state index contributed by atoms with van der Waals surface area (Å²) in [6.07, 6.45) is 2.19. The topological polar surface area (TPSA) is 38.3 Å². The first-order valence-electron chi connectivity index (χ1n) is 7.21. The van der Waals surface area contributed by atoms with Crippen LogP contribution in [0.3, 0.4) is 0 Å². The van der Waals surface area contributed by atoms with Gasteiger partial charge in [-0.25, -0.2) is 0 Å². The van der Waals surface area contributed by atoms with Gasteiger partial charge in [0.25, 0.3) is 5.91 Å². The summed E-state index contributed by atoms with van der Waals surface area (Å²) in [5.74, 6) is -0.0952. The lowest BCUT2D eigenvalue weighted by atomic mass is 10.1. The van der Waals surface area contributed by atoms with Gasteiger partial charge in [0.1, 0.15) is 0 Å². The molecule has 2 aromatic carbocycles. The van der Waals surface area contributed by atoms with Gasteiger partial charge in [-0.3, -0.25) is 4.79 Å². The molecule has 3 nitrogen and oxygen atoms in total. The summed E-state index contributed by atoms with van der Waals surface area (Å²) in [6, 6.07) is 15.4. The Kier molecular flexibility index (Phi) is 5.52. The molecule has 0 fully saturated rings. The first-order chi connectivity index (χ1) is 10.2. The van der Waals surface area contributed by atoms with Gasteiger partial charge in [-0.15, -0.1) is 0 Å². The standard InChI is InChI=1S/C18H21NO2/c1-3-4-14-7-11-17(12-8-14)19-18(20)16-9-5-15(6-10-16)13-21-2/h5-12H,3-4,13H2,1-2H3,(H,19,20). The van der Waals surface area contributed by atoms with Gasteiger partial charge in [-0.1, -0.05) is 37.6 Å². The predicted octanol–water partition coefficient (Wildman–Crippen LogP) is 4.04. The fourth-order valence-electron chi connectivity index (χ4n) is 2.17. The van der Waals surface area contributed by atoms with Crippen LogP contribution in [-0.2, 0) is 17.8 Å². The minimum atomic E-state index is -0.0952.